The van der Waals surface area contributed by atoms with E-state index in [9.17, 15) is 5.11 Å². The van der Waals surface area contributed by atoms with E-state index in [1.807, 2.05) is 51.2 Å². The third-order valence-corrected chi connectivity index (χ3v) is 3.75. The van der Waals surface area contributed by atoms with Crippen LogP contribution in [0, 0.1) is 13.8 Å². The van der Waals surface area contributed by atoms with Gasteiger partial charge < -0.3 is 14.6 Å². The van der Waals surface area contributed by atoms with Gasteiger partial charge in [-0.05, 0) is 61.9 Å². The first-order chi connectivity index (χ1) is 11.5. The van der Waals surface area contributed by atoms with Crippen LogP contribution in [0.4, 0.5) is 0 Å². The number of ether oxygens (including phenoxy) is 2. The lowest BCUT2D eigenvalue weighted by Gasteiger charge is -2.21. The highest BCUT2D eigenvalue weighted by Gasteiger charge is 2.10. The summed E-state index contributed by atoms with van der Waals surface area (Å²) in [6.07, 6.45) is -0.540. The summed E-state index contributed by atoms with van der Waals surface area (Å²) in [5.41, 5.74) is 3.48. The number of likely N-dealkylation sites (N-methyl/N-ethyl adjacent to an activating group) is 1. The van der Waals surface area contributed by atoms with E-state index in [2.05, 4.69) is 17.0 Å². The molecule has 0 aliphatic carbocycles. The molecule has 2 rings (SSSR count). The topological polar surface area (TPSA) is 41.9 Å². The lowest BCUT2D eigenvalue weighted by molar-refractivity contribution is 0.0743. The van der Waals surface area contributed by atoms with E-state index in [1.54, 1.807) is 7.11 Å². The van der Waals surface area contributed by atoms with E-state index >= 15 is 0 Å². The predicted molar refractivity (Wildman–Crippen MR) is 96.7 cm³/mol. The van der Waals surface area contributed by atoms with Crippen LogP contribution in [0.2, 0.25) is 0 Å². The Hall–Kier alpha value is -2.04. The Morgan fingerprint density at radius 3 is 2.42 bits per heavy atom. The fourth-order valence-electron chi connectivity index (χ4n) is 2.77. The van der Waals surface area contributed by atoms with Crippen LogP contribution in [0.15, 0.2) is 42.5 Å². The molecular formula is C20H27NO3. The molecule has 1 atom stereocenters. The molecule has 130 valence electrons. The fourth-order valence-corrected chi connectivity index (χ4v) is 2.77. The number of aryl methyl sites for hydroxylation is 2. The van der Waals surface area contributed by atoms with E-state index in [-0.39, 0.29) is 6.61 Å². The summed E-state index contributed by atoms with van der Waals surface area (Å²) < 4.78 is 11.0. The third kappa shape index (κ3) is 5.87. The second-order valence-electron chi connectivity index (χ2n) is 6.34. The first-order valence-electron chi connectivity index (χ1n) is 8.17. The molecule has 0 aliphatic heterocycles. The van der Waals surface area contributed by atoms with Crippen molar-refractivity contribution in [2.75, 3.05) is 27.3 Å². The minimum absolute atomic E-state index is 0.283. The van der Waals surface area contributed by atoms with Crippen LogP contribution < -0.4 is 9.47 Å². The second kappa shape index (κ2) is 8.71. The number of hydrogen-bond donors (Lipinski definition) is 1. The molecule has 0 fully saturated rings. The molecule has 0 spiro atoms. The highest BCUT2D eigenvalue weighted by atomic mass is 16.5. The number of aliphatic hydroxyl groups excluding tert-OH is 1. The van der Waals surface area contributed by atoms with Gasteiger partial charge in [0.1, 0.15) is 24.2 Å². The van der Waals surface area contributed by atoms with Gasteiger partial charge in [0.05, 0.1) is 7.11 Å². The smallest absolute Gasteiger partial charge is 0.119 e. The van der Waals surface area contributed by atoms with Gasteiger partial charge in [0.15, 0.2) is 0 Å². The molecule has 0 aromatic heterocycles. The average molecular weight is 329 g/mol. The van der Waals surface area contributed by atoms with Gasteiger partial charge in [0.25, 0.3) is 0 Å². The molecule has 1 N–H and O–H groups in total. The number of aliphatic hydroxyl groups is 1. The van der Waals surface area contributed by atoms with Gasteiger partial charge in [-0.25, -0.2) is 0 Å². The number of rotatable bonds is 8. The Morgan fingerprint density at radius 2 is 1.75 bits per heavy atom. The maximum Gasteiger partial charge on any atom is 0.119 e. The van der Waals surface area contributed by atoms with Gasteiger partial charge in [-0.1, -0.05) is 18.2 Å². The van der Waals surface area contributed by atoms with Gasteiger partial charge >= 0.3 is 0 Å². The number of nitrogens with zero attached hydrogens (tertiary/aromatic N) is 1. The summed E-state index contributed by atoms with van der Waals surface area (Å²) in [5, 5.41) is 10.2. The van der Waals surface area contributed by atoms with Gasteiger partial charge in [-0.3, -0.25) is 4.90 Å². The maximum absolute atomic E-state index is 10.2. The first kappa shape index (κ1) is 18.3. The van der Waals surface area contributed by atoms with Crippen molar-refractivity contribution in [3.63, 3.8) is 0 Å². The van der Waals surface area contributed by atoms with Gasteiger partial charge in [-0.2, -0.15) is 0 Å². The minimum Gasteiger partial charge on any atom is -0.497 e. The molecule has 4 heteroatoms. The van der Waals surface area contributed by atoms with Crippen LogP contribution in [-0.2, 0) is 6.54 Å². The normalized spacial score (nSPS) is 12.2. The van der Waals surface area contributed by atoms with Crippen molar-refractivity contribution < 1.29 is 14.6 Å². The SMILES string of the molecule is COc1cccc(CN(C)CC(O)COc2cc(C)cc(C)c2)c1. The highest BCUT2D eigenvalue weighted by molar-refractivity contribution is 5.33. The van der Waals surface area contributed by atoms with E-state index in [0.29, 0.717) is 6.54 Å². The molecule has 0 bridgehead atoms. The van der Waals surface area contributed by atoms with Crippen molar-refractivity contribution in [1.29, 1.82) is 0 Å². The molecule has 24 heavy (non-hydrogen) atoms. The molecule has 0 amide bonds. The van der Waals surface area contributed by atoms with Crippen molar-refractivity contribution >= 4 is 0 Å². The zero-order chi connectivity index (χ0) is 17.5. The largest absolute Gasteiger partial charge is 0.497 e. The summed E-state index contributed by atoms with van der Waals surface area (Å²) in [4.78, 5) is 2.07. The first-order valence-corrected chi connectivity index (χ1v) is 8.17. The predicted octanol–water partition coefficient (Wildman–Crippen LogP) is 3.18. The Bertz CT molecular complexity index is 637. The van der Waals surface area contributed by atoms with Crippen LogP contribution in [0.25, 0.3) is 0 Å². The number of benzene rings is 2. The molecule has 4 nitrogen and oxygen atoms in total. The van der Waals surface area contributed by atoms with E-state index < -0.39 is 6.10 Å². The Balaban J connectivity index is 1.81. The summed E-state index contributed by atoms with van der Waals surface area (Å²) in [5.74, 6) is 1.65. The fraction of sp³-hybridized carbons (Fsp3) is 0.400. The maximum atomic E-state index is 10.2. The second-order valence-corrected chi connectivity index (χ2v) is 6.34. The van der Waals surface area contributed by atoms with E-state index in [1.165, 1.54) is 0 Å². The minimum atomic E-state index is -0.540. The molecule has 2 aromatic carbocycles. The Morgan fingerprint density at radius 1 is 1.04 bits per heavy atom. The van der Waals surface area contributed by atoms with Crippen molar-refractivity contribution in [1.82, 2.24) is 4.90 Å². The van der Waals surface area contributed by atoms with Crippen LogP contribution >= 0.6 is 0 Å². The number of hydrogen-bond acceptors (Lipinski definition) is 4. The Labute approximate surface area is 144 Å². The quantitative estimate of drug-likeness (QED) is 0.808. The molecule has 0 radical (unpaired) electrons. The Kier molecular flexibility index (Phi) is 6.64. The van der Waals surface area contributed by atoms with Crippen LogP contribution in [0.3, 0.4) is 0 Å². The van der Waals surface area contributed by atoms with E-state index in [0.717, 1.165) is 34.7 Å². The molecule has 1 unspecified atom stereocenters. The zero-order valence-corrected chi connectivity index (χ0v) is 15.0. The summed E-state index contributed by atoms with van der Waals surface area (Å²) in [6, 6.07) is 14.0. The van der Waals surface area contributed by atoms with Crippen molar-refractivity contribution in [3.8, 4) is 11.5 Å². The molecule has 2 aromatic rings. The molecule has 0 aliphatic rings. The summed E-state index contributed by atoms with van der Waals surface area (Å²) >= 11 is 0. The highest BCUT2D eigenvalue weighted by Crippen LogP contribution is 2.17. The molecule has 0 saturated carbocycles. The average Bonchev–Trinajstić information content (AvgIpc) is 2.52. The lowest BCUT2D eigenvalue weighted by Crippen LogP contribution is -2.32. The van der Waals surface area contributed by atoms with Crippen molar-refractivity contribution in [2.45, 2.75) is 26.5 Å². The standard InChI is InChI=1S/C20H27NO3/c1-15-8-16(2)10-20(9-15)24-14-18(22)13-21(3)12-17-6-5-7-19(11-17)23-4/h5-11,18,22H,12-14H2,1-4H3. The van der Waals surface area contributed by atoms with Crippen molar-refractivity contribution in [2.24, 2.45) is 0 Å². The van der Waals surface area contributed by atoms with Gasteiger partial charge in [0, 0.05) is 13.1 Å². The zero-order valence-electron chi connectivity index (χ0n) is 15.0. The van der Waals surface area contributed by atoms with Gasteiger partial charge in [0.2, 0.25) is 0 Å². The summed E-state index contributed by atoms with van der Waals surface area (Å²) in [6.45, 7) is 5.65. The van der Waals surface area contributed by atoms with E-state index in [4.69, 9.17) is 9.47 Å². The van der Waals surface area contributed by atoms with Crippen molar-refractivity contribution in [3.05, 3.63) is 59.2 Å². The molecule has 0 saturated heterocycles. The number of methoxy groups -OCH3 is 1. The van der Waals surface area contributed by atoms with Crippen LogP contribution in [0.1, 0.15) is 16.7 Å². The third-order valence-electron chi connectivity index (χ3n) is 3.75. The summed E-state index contributed by atoms with van der Waals surface area (Å²) in [7, 11) is 3.65. The monoisotopic (exact) mass is 329 g/mol. The lowest BCUT2D eigenvalue weighted by atomic mass is 10.1. The molecule has 0 heterocycles. The van der Waals surface area contributed by atoms with Crippen LogP contribution in [-0.4, -0.2) is 43.4 Å². The van der Waals surface area contributed by atoms with Crippen LogP contribution in [0.5, 0.6) is 11.5 Å². The molecular weight excluding hydrogens is 302 g/mol. The van der Waals surface area contributed by atoms with Gasteiger partial charge in [-0.15, -0.1) is 0 Å².